The summed E-state index contributed by atoms with van der Waals surface area (Å²) >= 11 is 0. The Morgan fingerprint density at radius 2 is 1.80 bits per heavy atom. The third kappa shape index (κ3) is 5.53. The van der Waals surface area contributed by atoms with Gasteiger partial charge in [-0.15, -0.1) is 0 Å². The molecule has 0 aliphatic carbocycles. The summed E-state index contributed by atoms with van der Waals surface area (Å²) in [6, 6.07) is 0.776. The summed E-state index contributed by atoms with van der Waals surface area (Å²) in [5.41, 5.74) is 3.64. The Morgan fingerprint density at radius 1 is 1.07 bits per heavy atom. The molecule has 0 aromatic carbocycles. The van der Waals surface area contributed by atoms with Crippen LogP contribution >= 0.6 is 0 Å². The van der Waals surface area contributed by atoms with Gasteiger partial charge in [0.1, 0.15) is 0 Å². The summed E-state index contributed by atoms with van der Waals surface area (Å²) < 4.78 is 0. The Balaban J connectivity index is 1.99. The summed E-state index contributed by atoms with van der Waals surface area (Å²) in [5, 5.41) is 2.44. The molecule has 1 saturated heterocycles. The van der Waals surface area contributed by atoms with Crippen LogP contribution in [0.15, 0.2) is 0 Å². The summed E-state index contributed by atoms with van der Waals surface area (Å²) in [6.07, 6.45) is 10.9. The van der Waals surface area contributed by atoms with Gasteiger partial charge < -0.3 is 0 Å². The molecule has 2 heteroatoms. The monoisotopic (exact) mass is 212 g/mol. The van der Waals surface area contributed by atoms with Crippen molar-refractivity contribution in [3.05, 3.63) is 0 Å². The van der Waals surface area contributed by atoms with Gasteiger partial charge in [0.15, 0.2) is 0 Å². The Labute approximate surface area is 95.4 Å². The zero-order valence-corrected chi connectivity index (χ0v) is 10.6. The average Bonchev–Trinajstić information content (AvgIpc) is 2.67. The topological polar surface area (TPSA) is 15.3 Å². The number of hydrogen-bond donors (Lipinski definition) is 1. The zero-order chi connectivity index (χ0) is 10.9. The van der Waals surface area contributed by atoms with Gasteiger partial charge in [-0.3, -0.25) is 5.43 Å². The molecule has 2 nitrogen and oxygen atoms in total. The molecule has 1 rings (SSSR count). The predicted octanol–water partition coefficient (Wildman–Crippen LogP) is 3.34. The quantitative estimate of drug-likeness (QED) is 0.621. The number of hydrazine groups is 1. The van der Waals surface area contributed by atoms with Crippen LogP contribution in [0.25, 0.3) is 0 Å². The molecule has 1 aliphatic rings. The molecule has 0 amide bonds. The van der Waals surface area contributed by atoms with Crippen molar-refractivity contribution in [2.24, 2.45) is 0 Å². The number of nitrogens with one attached hydrogen (secondary N) is 1. The van der Waals surface area contributed by atoms with Crippen LogP contribution in [0.5, 0.6) is 0 Å². The van der Waals surface area contributed by atoms with Crippen molar-refractivity contribution in [3.8, 4) is 0 Å². The molecule has 1 unspecified atom stereocenters. The van der Waals surface area contributed by atoms with Crippen molar-refractivity contribution >= 4 is 0 Å². The van der Waals surface area contributed by atoms with E-state index < -0.39 is 0 Å². The minimum Gasteiger partial charge on any atom is -0.252 e. The van der Waals surface area contributed by atoms with Crippen LogP contribution in [-0.2, 0) is 0 Å². The van der Waals surface area contributed by atoms with Gasteiger partial charge in [0.05, 0.1) is 0 Å². The maximum Gasteiger partial charge on any atom is 0.0228 e. The van der Waals surface area contributed by atoms with Crippen molar-refractivity contribution < 1.29 is 0 Å². The van der Waals surface area contributed by atoms with E-state index in [4.69, 9.17) is 0 Å². The fraction of sp³-hybridized carbons (Fsp3) is 1.00. The summed E-state index contributed by atoms with van der Waals surface area (Å²) in [7, 11) is 0. The number of hydrogen-bond acceptors (Lipinski definition) is 2. The number of unbranched alkanes of at least 4 members (excludes halogenated alkanes) is 4. The molecule has 1 N–H and O–H groups in total. The van der Waals surface area contributed by atoms with E-state index in [1.54, 1.807) is 0 Å². The molecule has 1 fully saturated rings. The normalized spacial score (nSPS) is 22.4. The molecular weight excluding hydrogens is 184 g/mol. The third-order valence-corrected chi connectivity index (χ3v) is 3.30. The highest BCUT2D eigenvalue weighted by Crippen LogP contribution is 2.13. The largest absolute Gasteiger partial charge is 0.252 e. The van der Waals surface area contributed by atoms with Gasteiger partial charge in [-0.1, -0.05) is 46.0 Å². The van der Waals surface area contributed by atoms with Crippen molar-refractivity contribution in [2.45, 2.75) is 71.3 Å². The summed E-state index contributed by atoms with van der Waals surface area (Å²) in [6.45, 7) is 7.06. The second kappa shape index (κ2) is 8.12. The van der Waals surface area contributed by atoms with Gasteiger partial charge in [0.2, 0.25) is 0 Å². The SMILES string of the molecule is CCCCCC1CCN(CCCCC)N1. The molecule has 0 spiro atoms. The molecule has 1 aliphatic heterocycles. The fourth-order valence-corrected chi connectivity index (χ4v) is 2.28. The third-order valence-electron chi connectivity index (χ3n) is 3.30. The number of rotatable bonds is 8. The maximum absolute atomic E-state index is 3.64. The van der Waals surface area contributed by atoms with E-state index in [1.165, 1.54) is 64.5 Å². The van der Waals surface area contributed by atoms with Gasteiger partial charge in [0.25, 0.3) is 0 Å². The Morgan fingerprint density at radius 3 is 2.53 bits per heavy atom. The van der Waals surface area contributed by atoms with E-state index in [1.807, 2.05) is 0 Å². The number of nitrogens with zero attached hydrogens (tertiary/aromatic N) is 1. The lowest BCUT2D eigenvalue weighted by Gasteiger charge is -2.17. The molecular formula is C13H28N2. The molecule has 0 aromatic heterocycles. The van der Waals surface area contributed by atoms with Gasteiger partial charge >= 0.3 is 0 Å². The van der Waals surface area contributed by atoms with Crippen LogP contribution in [0.3, 0.4) is 0 Å². The standard InChI is InChI=1S/C13H28N2/c1-3-5-7-9-13-10-12-15(14-13)11-8-6-4-2/h13-14H,3-12H2,1-2H3. The van der Waals surface area contributed by atoms with Crippen molar-refractivity contribution in [3.63, 3.8) is 0 Å². The first kappa shape index (κ1) is 13.0. The van der Waals surface area contributed by atoms with Crippen LogP contribution in [-0.4, -0.2) is 24.1 Å². The first-order valence-electron chi connectivity index (χ1n) is 6.88. The van der Waals surface area contributed by atoms with Crippen molar-refractivity contribution in [2.75, 3.05) is 13.1 Å². The Bertz CT molecular complexity index is 131. The molecule has 0 saturated carbocycles. The molecule has 1 atom stereocenters. The van der Waals surface area contributed by atoms with Crippen LogP contribution in [0.2, 0.25) is 0 Å². The highest BCUT2D eigenvalue weighted by molar-refractivity contribution is 4.74. The van der Waals surface area contributed by atoms with Crippen LogP contribution in [0, 0.1) is 0 Å². The molecule has 90 valence electrons. The highest BCUT2D eigenvalue weighted by atomic mass is 15.5. The van der Waals surface area contributed by atoms with E-state index in [0.29, 0.717) is 0 Å². The second-order valence-corrected chi connectivity index (χ2v) is 4.80. The molecule has 1 heterocycles. The zero-order valence-electron chi connectivity index (χ0n) is 10.6. The van der Waals surface area contributed by atoms with Crippen LogP contribution in [0.4, 0.5) is 0 Å². The second-order valence-electron chi connectivity index (χ2n) is 4.80. The summed E-state index contributed by atoms with van der Waals surface area (Å²) in [5.74, 6) is 0. The van der Waals surface area contributed by atoms with Crippen molar-refractivity contribution in [1.29, 1.82) is 0 Å². The summed E-state index contributed by atoms with van der Waals surface area (Å²) in [4.78, 5) is 0. The molecule has 0 aromatic rings. The van der Waals surface area contributed by atoms with Gasteiger partial charge in [-0.2, -0.15) is 0 Å². The van der Waals surface area contributed by atoms with E-state index in [0.717, 1.165) is 6.04 Å². The van der Waals surface area contributed by atoms with Gasteiger partial charge in [-0.05, 0) is 19.3 Å². The Hall–Kier alpha value is -0.0800. The highest BCUT2D eigenvalue weighted by Gasteiger charge is 2.19. The minimum absolute atomic E-state index is 0.776. The smallest absolute Gasteiger partial charge is 0.0228 e. The average molecular weight is 212 g/mol. The lowest BCUT2D eigenvalue weighted by atomic mass is 10.1. The molecule has 15 heavy (non-hydrogen) atoms. The van der Waals surface area contributed by atoms with Gasteiger partial charge in [0, 0.05) is 19.1 Å². The first-order valence-corrected chi connectivity index (χ1v) is 6.88. The Kier molecular flexibility index (Phi) is 7.03. The first-order chi connectivity index (χ1) is 7.36. The van der Waals surface area contributed by atoms with E-state index >= 15 is 0 Å². The minimum atomic E-state index is 0.776. The lowest BCUT2D eigenvalue weighted by molar-refractivity contribution is 0.226. The maximum atomic E-state index is 3.64. The van der Waals surface area contributed by atoms with E-state index in [9.17, 15) is 0 Å². The predicted molar refractivity (Wildman–Crippen MR) is 66.8 cm³/mol. The fourth-order valence-electron chi connectivity index (χ4n) is 2.28. The lowest BCUT2D eigenvalue weighted by Crippen LogP contribution is -2.36. The van der Waals surface area contributed by atoms with Crippen molar-refractivity contribution in [1.82, 2.24) is 10.4 Å². The molecule has 0 bridgehead atoms. The van der Waals surface area contributed by atoms with Crippen LogP contribution in [0.1, 0.15) is 65.2 Å². The van der Waals surface area contributed by atoms with E-state index in [-0.39, 0.29) is 0 Å². The molecule has 0 radical (unpaired) electrons. The van der Waals surface area contributed by atoms with Gasteiger partial charge in [-0.25, -0.2) is 5.01 Å². The van der Waals surface area contributed by atoms with E-state index in [2.05, 4.69) is 24.3 Å². The van der Waals surface area contributed by atoms with Crippen LogP contribution < -0.4 is 5.43 Å².